The highest BCUT2D eigenvalue weighted by molar-refractivity contribution is 6.36. The minimum atomic E-state index is -3.22. The maximum Gasteiger partial charge on any atom is 0.285 e. The van der Waals surface area contributed by atoms with E-state index in [9.17, 15) is 9.59 Å². The molecule has 1 unspecified atom stereocenters. The van der Waals surface area contributed by atoms with Crippen molar-refractivity contribution in [1.82, 2.24) is 0 Å². The molecule has 0 aromatic heterocycles. The molecular formula is C9H15NO2. The third kappa shape index (κ3) is 2.06. The molecule has 1 aliphatic rings. The second kappa shape index (κ2) is 3.70. The second-order valence-corrected chi connectivity index (χ2v) is 2.34. The number of Topliss-reactive ketones (excluding diaryl/α,β-unsaturated/α-hetero) is 1. The van der Waals surface area contributed by atoms with E-state index in [1.165, 1.54) is 0 Å². The molecular weight excluding hydrogens is 154 g/mol. The van der Waals surface area contributed by atoms with Crippen LogP contribution in [0.2, 0.25) is 0 Å². The monoisotopic (exact) mass is 178 g/mol. The van der Waals surface area contributed by atoms with Gasteiger partial charge in [-0.2, -0.15) is 0 Å². The van der Waals surface area contributed by atoms with E-state index >= 15 is 0 Å². The maximum absolute atomic E-state index is 11.5. The lowest BCUT2D eigenvalue weighted by Gasteiger charge is -2.27. The summed E-state index contributed by atoms with van der Waals surface area (Å²) in [5.74, 6) is -8.01. The van der Waals surface area contributed by atoms with E-state index in [-0.39, 0.29) is 0 Å². The fraction of sp³-hybridized carbons (Fsp3) is 0.778. The first-order valence-corrected chi connectivity index (χ1v) is 3.35. The molecule has 68 valence electrons. The van der Waals surface area contributed by atoms with Crippen LogP contribution in [0.4, 0.5) is 0 Å². The summed E-state index contributed by atoms with van der Waals surface area (Å²) >= 11 is 0. The Morgan fingerprint density at radius 3 is 2.92 bits per heavy atom. The SMILES string of the molecule is [2H]C([2H])(C(C)C(=O)C(N)=O)C1([2H])C([2H])([2H])C([2H])([2H])C1([2H])[2H]. The summed E-state index contributed by atoms with van der Waals surface area (Å²) in [7, 11) is 0. The molecule has 0 bridgehead atoms. The van der Waals surface area contributed by atoms with Crippen LogP contribution in [0.25, 0.3) is 0 Å². The molecule has 12 heavy (non-hydrogen) atoms. The number of amides is 1. The summed E-state index contributed by atoms with van der Waals surface area (Å²) < 4.78 is 68.6. The fourth-order valence-corrected chi connectivity index (χ4v) is 0.693. The molecule has 1 saturated carbocycles. The molecule has 1 rings (SSSR count). The quantitative estimate of drug-likeness (QED) is 0.649. The summed E-state index contributed by atoms with van der Waals surface area (Å²) in [6.07, 6.45) is -12.7. The van der Waals surface area contributed by atoms with E-state index < -0.39 is 49.0 Å². The number of carbonyl (C=O) groups is 2. The van der Waals surface area contributed by atoms with Crippen LogP contribution in [0.1, 0.15) is 44.8 Å². The van der Waals surface area contributed by atoms with Gasteiger partial charge in [0.15, 0.2) is 0 Å². The van der Waals surface area contributed by atoms with Crippen LogP contribution >= 0.6 is 0 Å². The molecule has 3 nitrogen and oxygen atoms in total. The van der Waals surface area contributed by atoms with Crippen LogP contribution in [0.15, 0.2) is 0 Å². The van der Waals surface area contributed by atoms with Crippen molar-refractivity contribution in [2.45, 2.75) is 32.4 Å². The van der Waals surface area contributed by atoms with E-state index in [1.807, 2.05) is 0 Å². The van der Waals surface area contributed by atoms with E-state index in [0.717, 1.165) is 6.92 Å². The average molecular weight is 178 g/mol. The van der Waals surface area contributed by atoms with Gasteiger partial charge in [0.25, 0.3) is 5.91 Å². The lowest BCUT2D eigenvalue weighted by molar-refractivity contribution is -0.138. The van der Waals surface area contributed by atoms with Gasteiger partial charge in [0.2, 0.25) is 5.78 Å². The summed E-state index contributed by atoms with van der Waals surface area (Å²) in [6.45, 7) is 0.892. The Kier molecular flexibility index (Phi) is 0.870. The van der Waals surface area contributed by atoms with Crippen LogP contribution < -0.4 is 5.73 Å². The first-order valence-electron chi connectivity index (χ1n) is 7.85. The molecule has 0 aromatic rings. The van der Waals surface area contributed by atoms with Crippen LogP contribution in [-0.4, -0.2) is 11.7 Å². The zero-order chi connectivity index (χ0) is 17.2. The highest BCUT2D eigenvalue weighted by Crippen LogP contribution is 2.32. The number of primary amides is 1. The molecule has 0 saturated heterocycles. The summed E-state index contributed by atoms with van der Waals surface area (Å²) in [5.41, 5.74) is 4.75. The zero-order valence-corrected chi connectivity index (χ0v) is 6.47. The molecule has 0 radical (unpaired) electrons. The van der Waals surface area contributed by atoms with Crippen LogP contribution in [-0.2, 0) is 9.59 Å². The van der Waals surface area contributed by atoms with Gasteiger partial charge >= 0.3 is 0 Å². The van der Waals surface area contributed by atoms with Gasteiger partial charge in [-0.1, -0.05) is 26.0 Å². The van der Waals surface area contributed by atoms with E-state index in [1.54, 1.807) is 0 Å². The number of carbonyl (C=O) groups excluding carboxylic acids is 2. The van der Waals surface area contributed by atoms with Gasteiger partial charge in [-0.3, -0.25) is 9.59 Å². The number of rotatable bonds is 4. The van der Waals surface area contributed by atoms with Gasteiger partial charge in [0.05, 0.1) is 0 Å². The molecule has 1 atom stereocenters. The Balaban J connectivity index is 3.43. The Morgan fingerprint density at radius 1 is 1.83 bits per heavy atom. The lowest BCUT2D eigenvalue weighted by atomic mass is 9.78. The predicted octanol–water partition coefficient (Wildman–Crippen LogP) is 0.867. The van der Waals surface area contributed by atoms with Crippen LogP contribution in [0.3, 0.4) is 0 Å². The van der Waals surface area contributed by atoms with Crippen molar-refractivity contribution < 1.29 is 21.9 Å². The molecule has 0 aliphatic heterocycles. The first kappa shape index (κ1) is 2.82. The zero-order valence-electron chi connectivity index (χ0n) is 15.5. The number of hydrogen-bond donors (Lipinski definition) is 1. The number of nitrogens with two attached hydrogens (primary N) is 1. The van der Waals surface area contributed by atoms with E-state index in [2.05, 4.69) is 0 Å². The standard InChI is InChI=1S/C9H15NO2/c1-6(8(11)9(10)12)5-7-3-2-4-7/h6-7H,2-5H2,1H3,(H2,10,12)/i2D2,3D2,4D2,5D2,7D. The van der Waals surface area contributed by atoms with Gasteiger partial charge in [0, 0.05) is 18.3 Å². The largest absolute Gasteiger partial charge is 0.363 e. The minimum absolute atomic E-state index is 0.892. The molecule has 2 N–H and O–H groups in total. The van der Waals surface area contributed by atoms with Gasteiger partial charge in [-0.05, 0) is 12.3 Å². The highest BCUT2D eigenvalue weighted by Gasteiger charge is 2.25. The normalized spacial score (nSPS) is 47.2. The molecule has 1 fully saturated rings. The number of hydrogen-bond acceptors (Lipinski definition) is 2. The summed E-state index contributed by atoms with van der Waals surface area (Å²) in [4.78, 5) is 22.4. The Morgan fingerprint density at radius 2 is 2.42 bits per heavy atom. The van der Waals surface area contributed by atoms with Gasteiger partial charge in [-0.25, -0.2) is 0 Å². The van der Waals surface area contributed by atoms with Crippen LogP contribution in [0, 0.1) is 11.8 Å². The molecule has 0 heterocycles. The highest BCUT2D eigenvalue weighted by atomic mass is 16.2. The van der Waals surface area contributed by atoms with Crippen molar-refractivity contribution in [1.29, 1.82) is 0 Å². The van der Waals surface area contributed by atoms with Crippen LogP contribution in [0.5, 0.6) is 0 Å². The molecule has 1 amide bonds. The van der Waals surface area contributed by atoms with Gasteiger partial charge in [0.1, 0.15) is 0 Å². The third-order valence-corrected chi connectivity index (χ3v) is 1.37. The van der Waals surface area contributed by atoms with Crippen molar-refractivity contribution in [3.8, 4) is 0 Å². The topological polar surface area (TPSA) is 60.2 Å². The number of ketones is 1. The summed E-state index contributed by atoms with van der Waals surface area (Å²) in [5, 5.41) is 0. The molecule has 3 heteroatoms. The van der Waals surface area contributed by atoms with Crippen molar-refractivity contribution in [3.63, 3.8) is 0 Å². The Bertz CT molecular complexity index is 483. The smallest absolute Gasteiger partial charge is 0.285 e. The van der Waals surface area contributed by atoms with Crippen molar-refractivity contribution in [2.24, 2.45) is 17.5 Å². The first-order chi connectivity index (χ1) is 9.01. The van der Waals surface area contributed by atoms with E-state index in [0.29, 0.717) is 0 Å². The van der Waals surface area contributed by atoms with Gasteiger partial charge < -0.3 is 5.73 Å². The van der Waals surface area contributed by atoms with Crippen molar-refractivity contribution >= 4 is 11.7 Å². The third-order valence-electron chi connectivity index (χ3n) is 1.37. The predicted molar refractivity (Wildman–Crippen MR) is 45.3 cm³/mol. The fourth-order valence-electron chi connectivity index (χ4n) is 0.693. The minimum Gasteiger partial charge on any atom is -0.363 e. The Hall–Kier alpha value is -0.860. The van der Waals surface area contributed by atoms with Crippen molar-refractivity contribution in [3.05, 3.63) is 0 Å². The molecule has 0 spiro atoms. The molecule has 1 aliphatic carbocycles. The van der Waals surface area contributed by atoms with Gasteiger partial charge in [-0.15, -0.1) is 0 Å². The second-order valence-electron chi connectivity index (χ2n) is 2.34. The average Bonchev–Trinajstić information content (AvgIpc) is 2.33. The Labute approximate surface area is 85.0 Å². The molecule has 0 aromatic carbocycles. The van der Waals surface area contributed by atoms with E-state index in [4.69, 9.17) is 18.1 Å². The summed E-state index contributed by atoms with van der Waals surface area (Å²) in [6, 6.07) is 0. The maximum atomic E-state index is 11.5. The van der Waals surface area contributed by atoms with Crippen molar-refractivity contribution in [2.75, 3.05) is 0 Å². The lowest BCUT2D eigenvalue weighted by Crippen LogP contribution is -2.30.